The van der Waals surface area contributed by atoms with Crippen LogP contribution in [0.2, 0.25) is 0 Å². The minimum Gasteiger partial charge on any atom is -0.310 e. The molecule has 2 heterocycles. The minimum atomic E-state index is -0.416. The van der Waals surface area contributed by atoms with Crippen LogP contribution in [-0.2, 0) is 0 Å². The summed E-state index contributed by atoms with van der Waals surface area (Å²) < 4.78 is 14.4. The predicted molar refractivity (Wildman–Crippen MR) is 66.5 cm³/mol. The van der Waals surface area contributed by atoms with Gasteiger partial charge in [0.2, 0.25) is 0 Å². The summed E-state index contributed by atoms with van der Waals surface area (Å²) >= 11 is 3.28. The fraction of sp³-hybridized carbons (Fsp3) is 0.462. The van der Waals surface area contributed by atoms with Gasteiger partial charge in [0.25, 0.3) is 0 Å². The van der Waals surface area contributed by atoms with Crippen LogP contribution in [-0.4, -0.2) is 17.9 Å². The third-order valence-corrected chi connectivity index (χ3v) is 4.32. The average Bonchev–Trinajstić information content (AvgIpc) is 2.93. The number of hydrogen-bond donors (Lipinski definition) is 1. The molecule has 2 bridgehead atoms. The molecule has 3 atom stereocenters. The standard InChI is InChI=1S/C13H13BrFNO/c14-7-1-3-11(15)9(5-7)13(17)10-6-8-2-4-12(10)16-8/h1,3,5,8,10,12,16H,2,4,6H2. The molecule has 17 heavy (non-hydrogen) atoms. The second-order valence-electron chi connectivity index (χ2n) is 4.88. The van der Waals surface area contributed by atoms with E-state index < -0.39 is 5.82 Å². The Morgan fingerprint density at radius 1 is 1.41 bits per heavy atom. The van der Waals surface area contributed by atoms with Gasteiger partial charge in [-0.25, -0.2) is 4.39 Å². The highest BCUT2D eigenvalue weighted by Crippen LogP contribution is 2.35. The third kappa shape index (κ3) is 1.93. The molecule has 1 aromatic rings. The first kappa shape index (κ1) is 11.4. The van der Waals surface area contributed by atoms with E-state index in [0.29, 0.717) is 6.04 Å². The first-order valence-corrected chi connectivity index (χ1v) is 6.70. The lowest BCUT2D eigenvalue weighted by atomic mass is 9.83. The van der Waals surface area contributed by atoms with E-state index in [4.69, 9.17) is 0 Å². The number of fused-ring (bicyclic) bond motifs is 2. The van der Waals surface area contributed by atoms with Crippen LogP contribution in [0.4, 0.5) is 4.39 Å². The molecule has 0 radical (unpaired) electrons. The van der Waals surface area contributed by atoms with E-state index in [2.05, 4.69) is 21.2 Å². The van der Waals surface area contributed by atoms with Gasteiger partial charge in [0, 0.05) is 22.5 Å². The van der Waals surface area contributed by atoms with Gasteiger partial charge in [-0.3, -0.25) is 4.79 Å². The Morgan fingerprint density at radius 3 is 2.88 bits per heavy atom. The Balaban J connectivity index is 1.89. The van der Waals surface area contributed by atoms with Crippen LogP contribution in [0.3, 0.4) is 0 Å². The lowest BCUT2D eigenvalue weighted by molar-refractivity contribution is 0.0896. The summed E-state index contributed by atoms with van der Waals surface area (Å²) in [6.45, 7) is 0. The number of rotatable bonds is 2. The second-order valence-corrected chi connectivity index (χ2v) is 5.79. The number of nitrogens with one attached hydrogen (secondary N) is 1. The van der Waals surface area contributed by atoms with E-state index in [1.54, 1.807) is 12.1 Å². The van der Waals surface area contributed by atoms with Crippen molar-refractivity contribution in [2.45, 2.75) is 31.3 Å². The van der Waals surface area contributed by atoms with E-state index in [1.165, 1.54) is 6.07 Å². The van der Waals surface area contributed by atoms with Crippen molar-refractivity contribution >= 4 is 21.7 Å². The first-order valence-electron chi connectivity index (χ1n) is 5.90. The van der Waals surface area contributed by atoms with Crippen LogP contribution in [0.1, 0.15) is 29.6 Å². The number of hydrogen-bond acceptors (Lipinski definition) is 2. The monoisotopic (exact) mass is 297 g/mol. The molecule has 0 aromatic heterocycles. The van der Waals surface area contributed by atoms with Gasteiger partial charge in [-0.1, -0.05) is 15.9 Å². The molecule has 0 aliphatic carbocycles. The minimum absolute atomic E-state index is 0.0439. The molecule has 2 nitrogen and oxygen atoms in total. The zero-order valence-corrected chi connectivity index (χ0v) is 10.8. The normalized spacial score (nSPS) is 30.8. The van der Waals surface area contributed by atoms with Crippen LogP contribution in [0.15, 0.2) is 22.7 Å². The van der Waals surface area contributed by atoms with Crippen molar-refractivity contribution in [3.8, 4) is 0 Å². The molecule has 3 rings (SSSR count). The molecule has 2 aliphatic rings. The van der Waals surface area contributed by atoms with E-state index >= 15 is 0 Å². The summed E-state index contributed by atoms with van der Waals surface area (Å²) in [5.74, 6) is -0.512. The van der Waals surface area contributed by atoms with Gasteiger partial charge in [0.05, 0.1) is 5.56 Å². The zero-order chi connectivity index (χ0) is 12.0. The maximum absolute atomic E-state index is 13.7. The topological polar surface area (TPSA) is 29.1 Å². The number of halogens is 2. The van der Waals surface area contributed by atoms with Gasteiger partial charge in [-0.2, -0.15) is 0 Å². The maximum Gasteiger partial charge on any atom is 0.170 e. The van der Waals surface area contributed by atoms with Crippen molar-refractivity contribution in [2.75, 3.05) is 0 Å². The molecule has 0 saturated carbocycles. The van der Waals surface area contributed by atoms with Gasteiger partial charge in [0.1, 0.15) is 5.82 Å². The van der Waals surface area contributed by atoms with Crippen molar-refractivity contribution in [2.24, 2.45) is 5.92 Å². The van der Waals surface area contributed by atoms with Gasteiger partial charge in [-0.15, -0.1) is 0 Å². The molecule has 1 N–H and O–H groups in total. The fourth-order valence-electron chi connectivity index (χ4n) is 3.00. The number of carbonyl (C=O) groups is 1. The largest absolute Gasteiger partial charge is 0.310 e. The van der Waals surface area contributed by atoms with E-state index in [0.717, 1.165) is 23.7 Å². The predicted octanol–water partition coefficient (Wildman–Crippen LogP) is 2.91. The number of Topliss-reactive ketones (excluding diaryl/α,β-unsaturated/α-hetero) is 1. The van der Waals surface area contributed by atoms with Crippen molar-refractivity contribution in [3.05, 3.63) is 34.1 Å². The molecule has 0 spiro atoms. The van der Waals surface area contributed by atoms with Crippen molar-refractivity contribution in [1.29, 1.82) is 0 Å². The smallest absolute Gasteiger partial charge is 0.170 e. The lowest BCUT2D eigenvalue weighted by Gasteiger charge is -2.19. The van der Waals surface area contributed by atoms with Gasteiger partial charge >= 0.3 is 0 Å². The Hall–Kier alpha value is -0.740. The van der Waals surface area contributed by atoms with Crippen LogP contribution < -0.4 is 5.32 Å². The highest BCUT2D eigenvalue weighted by atomic mass is 79.9. The Bertz CT molecular complexity index is 476. The van der Waals surface area contributed by atoms with E-state index in [-0.39, 0.29) is 23.3 Å². The summed E-state index contributed by atoms with van der Waals surface area (Å²) in [5.41, 5.74) is 0.221. The summed E-state index contributed by atoms with van der Waals surface area (Å²) in [7, 11) is 0. The lowest BCUT2D eigenvalue weighted by Crippen LogP contribution is -2.29. The Labute approximate surface area is 108 Å². The molecule has 2 aliphatic heterocycles. The van der Waals surface area contributed by atoms with Gasteiger partial charge in [-0.05, 0) is 37.5 Å². The molecule has 2 saturated heterocycles. The van der Waals surface area contributed by atoms with Crippen LogP contribution in [0.5, 0.6) is 0 Å². The molecular formula is C13H13BrFNO. The number of carbonyl (C=O) groups excluding carboxylic acids is 1. The summed E-state index contributed by atoms with van der Waals surface area (Å²) in [6.07, 6.45) is 3.04. The van der Waals surface area contributed by atoms with Crippen molar-refractivity contribution < 1.29 is 9.18 Å². The summed E-state index contributed by atoms with van der Waals surface area (Å²) in [4.78, 5) is 12.3. The van der Waals surface area contributed by atoms with Gasteiger partial charge in [0.15, 0.2) is 5.78 Å². The maximum atomic E-state index is 13.7. The highest BCUT2D eigenvalue weighted by molar-refractivity contribution is 9.10. The van der Waals surface area contributed by atoms with Crippen molar-refractivity contribution in [3.63, 3.8) is 0 Å². The molecule has 0 amide bonds. The number of ketones is 1. The first-order chi connectivity index (χ1) is 8.15. The van der Waals surface area contributed by atoms with E-state index in [9.17, 15) is 9.18 Å². The summed E-state index contributed by atoms with van der Waals surface area (Å²) in [6, 6.07) is 5.27. The summed E-state index contributed by atoms with van der Waals surface area (Å²) in [5, 5.41) is 3.41. The average molecular weight is 298 g/mol. The fourth-order valence-corrected chi connectivity index (χ4v) is 3.36. The molecule has 90 valence electrons. The highest BCUT2D eigenvalue weighted by Gasteiger charge is 2.43. The molecule has 3 unspecified atom stereocenters. The van der Waals surface area contributed by atoms with E-state index in [1.807, 2.05) is 0 Å². The van der Waals surface area contributed by atoms with Crippen LogP contribution in [0, 0.1) is 11.7 Å². The Morgan fingerprint density at radius 2 is 2.24 bits per heavy atom. The zero-order valence-electron chi connectivity index (χ0n) is 9.25. The molecule has 1 aromatic carbocycles. The van der Waals surface area contributed by atoms with Crippen LogP contribution >= 0.6 is 15.9 Å². The molecule has 2 fully saturated rings. The third-order valence-electron chi connectivity index (χ3n) is 3.83. The SMILES string of the molecule is O=C(c1cc(Br)ccc1F)C1CC2CCC1N2. The van der Waals surface area contributed by atoms with Crippen LogP contribution in [0.25, 0.3) is 0 Å². The number of benzene rings is 1. The molecular weight excluding hydrogens is 285 g/mol. The quantitative estimate of drug-likeness (QED) is 0.851. The van der Waals surface area contributed by atoms with Crippen molar-refractivity contribution in [1.82, 2.24) is 5.32 Å². The molecule has 4 heteroatoms. The second kappa shape index (κ2) is 4.18. The van der Waals surface area contributed by atoms with Gasteiger partial charge < -0.3 is 5.32 Å². The Kier molecular flexibility index (Phi) is 2.79.